The number of thioether (sulfide) groups is 1. The number of methoxy groups -OCH3 is 1. The van der Waals surface area contributed by atoms with Gasteiger partial charge in [-0.05, 0) is 73.4 Å². The Hall–Kier alpha value is -2.03. The van der Waals surface area contributed by atoms with Gasteiger partial charge in [0.1, 0.15) is 5.75 Å². The Morgan fingerprint density at radius 3 is 2.35 bits per heavy atom. The molecule has 1 aliphatic carbocycles. The van der Waals surface area contributed by atoms with Crippen molar-refractivity contribution in [1.82, 2.24) is 9.21 Å². The first-order valence-electron chi connectivity index (χ1n) is 10.6. The minimum atomic E-state index is -3.56. The molecule has 2 aliphatic rings. The third-order valence-electron chi connectivity index (χ3n) is 6.12. The Morgan fingerprint density at radius 2 is 1.68 bits per heavy atom. The third kappa shape index (κ3) is 4.47. The Bertz CT molecular complexity index is 1080. The van der Waals surface area contributed by atoms with E-state index in [0.717, 1.165) is 29.7 Å². The van der Waals surface area contributed by atoms with Crippen molar-refractivity contribution in [2.45, 2.75) is 35.5 Å². The molecule has 2 aromatic rings. The summed E-state index contributed by atoms with van der Waals surface area (Å²) in [6.45, 7) is 1.29. The lowest BCUT2D eigenvalue weighted by Gasteiger charge is -2.34. The van der Waals surface area contributed by atoms with E-state index >= 15 is 0 Å². The fourth-order valence-corrected chi connectivity index (χ4v) is 6.20. The van der Waals surface area contributed by atoms with E-state index in [0.29, 0.717) is 29.3 Å². The van der Waals surface area contributed by atoms with E-state index in [1.807, 2.05) is 30.5 Å². The minimum Gasteiger partial charge on any atom is -0.496 e. The van der Waals surface area contributed by atoms with E-state index in [4.69, 9.17) is 4.74 Å². The molecule has 0 aromatic heterocycles. The fraction of sp³-hybridized carbons (Fsp3) is 0.435. The van der Waals surface area contributed by atoms with Crippen molar-refractivity contribution in [1.29, 1.82) is 0 Å². The van der Waals surface area contributed by atoms with Gasteiger partial charge in [-0.3, -0.25) is 4.79 Å². The molecule has 1 saturated heterocycles. The first-order chi connectivity index (χ1) is 14.9. The fourth-order valence-electron chi connectivity index (χ4n) is 4.30. The van der Waals surface area contributed by atoms with Crippen LogP contribution in [0.15, 0.2) is 46.2 Å². The molecule has 2 aromatic carbocycles. The molecule has 1 amide bonds. The van der Waals surface area contributed by atoms with Crippen molar-refractivity contribution in [3.8, 4) is 5.75 Å². The van der Waals surface area contributed by atoms with Crippen LogP contribution in [-0.4, -0.2) is 63.1 Å². The summed E-state index contributed by atoms with van der Waals surface area (Å²) in [4.78, 5) is 16.1. The number of rotatable bonds is 5. The van der Waals surface area contributed by atoms with Crippen molar-refractivity contribution in [2.75, 3.05) is 39.5 Å². The van der Waals surface area contributed by atoms with Gasteiger partial charge in [0.2, 0.25) is 10.0 Å². The highest BCUT2D eigenvalue weighted by molar-refractivity contribution is 7.98. The van der Waals surface area contributed by atoms with Gasteiger partial charge < -0.3 is 9.64 Å². The number of amides is 1. The molecule has 8 heteroatoms. The van der Waals surface area contributed by atoms with Crippen LogP contribution in [0.25, 0.3) is 0 Å². The molecule has 0 radical (unpaired) electrons. The first kappa shape index (κ1) is 22.2. The van der Waals surface area contributed by atoms with Gasteiger partial charge in [0, 0.05) is 31.1 Å². The van der Waals surface area contributed by atoms with Crippen LogP contribution in [0.4, 0.5) is 0 Å². The van der Waals surface area contributed by atoms with Crippen LogP contribution in [-0.2, 0) is 22.9 Å². The molecule has 0 unspecified atom stereocenters. The minimum absolute atomic E-state index is 0.129. The maximum atomic E-state index is 13.2. The summed E-state index contributed by atoms with van der Waals surface area (Å²) < 4.78 is 33.3. The predicted octanol–water partition coefficient (Wildman–Crippen LogP) is 3.44. The summed E-state index contributed by atoms with van der Waals surface area (Å²) in [5, 5.41) is 0. The normalized spacial score (nSPS) is 17.3. The number of fused-ring (bicyclic) bond motifs is 1. The van der Waals surface area contributed by atoms with E-state index in [-0.39, 0.29) is 19.0 Å². The van der Waals surface area contributed by atoms with Crippen LogP contribution in [0.5, 0.6) is 5.75 Å². The van der Waals surface area contributed by atoms with Crippen molar-refractivity contribution >= 4 is 27.7 Å². The molecule has 0 spiro atoms. The van der Waals surface area contributed by atoms with Gasteiger partial charge >= 0.3 is 0 Å². The first-order valence-corrected chi connectivity index (χ1v) is 13.2. The van der Waals surface area contributed by atoms with E-state index in [2.05, 4.69) is 0 Å². The highest BCUT2D eigenvalue weighted by Crippen LogP contribution is 2.28. The molecule has 0 bridgehead atoms. The topological polar surface area (TPSA) is 66.9 Å². The van der Waals surface area contributed by atoms with E-state index in [9.17, 15) is 13.2 Å². The van der Waals surface area contributed by atoms with Gasteiger partial charge in [-0.15, -0.1) is 11.8 Å². The Labute approximate surface area is 188 Å². The average Bonchev–Trinajstić information content (AvgIpc) is 2.82. The molecular weight excluding hydrogens is 432 g/mol. The number of sulfonamides is 1. The van der Waals surface area contributed by atoms with Gasteiger partial charge in [-0.2, -0.15) is 4.31 Å². The number of ether oxygens (including phenoxy) is 1. The van der Waals surface area contributed by atoms with Gasteiger partial charge in [0.25, 0.3) is 5.91 Å². The molecule has 31 heavy (non-hydrogen) atoms. The molecule has 6 nitrogen and oxygen atoms in total. The Morgan fingerprint density at radius 1 is 0.968 bits per heavy atom. The number of carbonyl (C=O) groups is 1. The standard InChI is InChI=1S/C23H28N2O4S2/c1-29-22-16-19(30-2)8-10-21(22)23(26)24-11-13-25(14-12-24)31(27,28)20-9-7-17-5-3-4-6-18(17)15-20/h7-10,15-16H,3-6,11-14H2,1-2H3. The molecule has 1 fully saturated rings. The van der Waals surface area contributed by atoms with E-state index < -0.39 is 10.0 Å². The molecule has 1 aliphatic heterocycles. The number of aryl methyl sites for hydroxylation is 2. The molecule has 1 heterocycles. The van der Waals surface area contributed by atoms with E-state index in [1.165, 1.54) is 16.3 Å². The van der Waals surface area contributed by atoms with Gasteiger partial charge in [-0.1, -0.05) is 6.07 Å². The third-order valence-corrected chi connectivity index (χ3v) is 8.74. The van der Waals surface area contributed by atoms with Gasteiger partial charge in [-0.25, -0.2) is 8.42 Å². The zero-order valence-electron chi connectivity index (χ0n) is 18.0. The summed E-state index contributed by atoms with van der Waals surface area (Å²) >= 11 is 1.59. The van der Waals surface area contributed by atoms with Crippen molar-refractivity contribution in [2.24, 2.45) is 0 Å². The predicted molar refractivity (Wildman–Crippen MR) is 123 cm³/mol. The summed E-state index contributed by atoms with van der Waals surface area (Å²) in [7, 11) is -2.01. The SMILES string of the molecule is COc1cc(SC)ccc1C(=O)N1CCN(S(=O)(=O)c2ccc3c(c2)CCCC3)CC1. The summed E-state index contributed by atoms with van der Waals surface area (Å²) in [6, 6.07) is 11.1. The van der Waals surface area contributed by atoms with Crippen LogP contribution in [0, 0.1) is 0 Å². The highest BCUT2D eigenvalue weighted by Gasteiger charge is 2.31. The second kappa shape index (κ2) is 9.22. The van der Waals surface area contributed by atoms with Crippen molar-refractivity contribution in [3.05, 3.63) is 53.1 Å². The Balaban J connectivity index is 1.46. The van der Waals surface area contributed by atoms with Crippen LogP contribution >= 0.6 is 11.8 Å². The highest BCUT2D eigenvalue weighted by atomic mass is 32.2. The van der Waals surface area contributed by atoms with Gasteiger partial charge in [0.15, 0.2) is 0 Å². The van der Waals surface area contributed by atoms with Gasteiger partial charge in [0.05, 0.1) is 17.6 Å². The zero-order valence-corrected chi connectivity index (χ0v) is 19.6. The lowest BCUT2D eigenvalue weighted by atomic mass is 9.92. The monoisotopic (exact) mass is 460 g/mol. The second-order valence-corrected chi connectivity index (χ2v) is 10.7. The van der Waals surface area contributed by atoms with E-state index in [1.54, 1.807) is 35.9 Å². The molecule has 0 saturated carbocycles. The summed E-state index contributed by atoms with van der Waals surface area (Å²) in [5.74, 6) is 0.413. The maximum absolute atomic E-state index is 13.2. The molecule has 0 N–H and O–H groups in total. The Kier molecular flexibility index (Phi) is 6.60. The van der Waals surface area contributed by atoms with Crippen LogP contribution in [0.2, 0.25) is 0 Å². The number of benzene rings is 2. The summed E-state index contributed by atoms with van der Waals surface area (Å²) in [6.07, 6.45) is 6.22. The lowest BCUT2D eigenvalue weighted by Crippen LogP contribution is -2.50. The molecule has 4 rings (SSSR count). The van der Waals surface area contributed by atoms with Crippen molar-refractivity contribution in [3.63, 3.8) is 0 Å². The maximum Gasteiger partial charge on any atom is 0.257 e. The molecule has 0 atom stereocenters. The van der Waals surface area contributed by atoms with Crippen LogP contribution in [0.3, 0.4) is 0 Å². The smallest absolute Gasteiger partial charge is 0.257 e. The lowest BCUT2D eigenvalue weighted by molar-refractivity contribution is 0.0694. The average molecular weight is 461 g/mol. The number of nitrogens with zero attached hydrogens (tertiary/aromatic N) is 2. The zero-order chi connectivity index (χ0) is 22.0. The largest absolute Gasteiger partial charge is 0.496 e. The number of hydrogen-bond donors (Lipinski definition) is 0. The van der Waals surface area contributed by atoms with Crippen molar-refractivity contribution < 1.29 is 17.9 Å². The van der Waals surface area contributed by atoms with Crippen LogP contribution in [0.1, 0.15) is 34.3 Å². The second-order valence-electron chi connectivity index (χ2n) is 7.90. The molecule has 166 valence electrons. The van der Waals surface area contributed by atoms with Crippen LogP contribution < -0.4 is 4.74 Å². The summed E-state index contributed by atoms with van der Waals surface area (Å²) in [5.41, 5.74) is 2.93. The molecular formula is C23H28N2O4S2. The quantitative estimate of drug-likeness (QED) is 0.640. The number of piperazine rings is 1. The number of hydrogen-bond acceptors (Lipinski definition) is 5. The number of carbonyl (C=O) groups excluding carboxylic acids is 1.